The summed E-state index contributed by atoms with van der Waals surface area (Å²) < 4.78 is 1.09. The fraction of sp³-hybridized carbons (Fsp3) is 0.533. The SMILES string of the molecule is CC(C)[C@H](N)C(=O)NC1CCN(c2ccccc2Br)C1. The number of hydrogen-bond donors (Lipinski definition) is 2. The Bertz CT molecular complexity index is 478. The highest BCUT2D eigenvalue weighted by atomic mass is 79.9. The molecule has 1 aliphatic heterocycles. The first kappa shape index (κ1) is 15.3. The summed E-state index contributed by atoms with van der Waals surface area (Å²) in [5, 5.41) is 3.06. The molecular weight excluding hydrogens is 318 g/mol. The maximum atomic E-state index is 12.0. The molecule has 1 aromatic carbocycles. The van der Waals surface area contributed by atoms with Crippen LogP contribution in [0.5, 0.6) is 0 Å². The fourth-order valence-electron chi connectivity index (χ4n) is 2.41. The number of nitrogens with one attached hydrogen (secondary N) is 1. The molecule has 110 valence electrons. The van der Waals surface area contributed by atoms with Gasteiger partial charge < -0.3 is 16.0 Å². The molecule has 1 saturated heterocycles. The third-order valence-electron chi connectivity index (χ3n) is 3.75. The molecule has 20 heavy (non-hydrogen) atoms. The molecule has 1 amide bonds. The van der Waals surface area contributed by atoms with E-state index in [2.05, 4.69) is 32.2 Å². The number of anilines is 1. The first-order valence-electron chi connectivity index (χ1n) is 7.04. The highest BCUT2D eigenvalue weighted by molar-refractivity contribution is 9.10. The van der Waals surface area contributed by atoms with Crippen molar-refractivity contribution in [1.82, 2.24) is 5.32 Å². The predicted molar refractivity (Wildman–Crippen MR) is 85.7 cm³/mol. The molecule has 0 saturated carbocycles. The van der Waals surface area contributed by atoms with E-state index in [1.165, 1.54) is 5.69 Å². The van der Waals surface area contributed by atoms with Gasteiger partial charge in [-0.2, -0.15) is 0 Å². The van der Waals surface area contributed by atoms with Gasteiger partial charge in [0.15, 0.2) is 0 Å². The summed E-state index contributed by atoms with van der Waals surface area (Å²) in [6.07, 6.45) is 0.956. The van der Waals surface area contributed by atoms with Crippen molar-refractivity contribution in [2.24, 2.45) is 11.7 Å². The van der Waals surface area contributed by atoms with Crippen LogP contribution in [0.4, 0.5) is 5.69 Å². The van der Waals surface area contributed by atoms with Crippen LogP contribution in [-0.2, 0) is 4.79 Å². The molecule has 0 spiro atoms. The number of para-hydroxylation sites is 1. The second kappa shape index (κ2) is 6.59. The normalized spacial score (nSPS) is 20.2. The molecule has 1 heterocycles. The highest BCUT2D eigenvalue weighted by Gasteiger charge is 2.27. The Morgan fingerprint density at radius 1 is 1.45 bits per heavy atom. The van der Waals surface area contributed by atoms with Crippen molar-refractivity contribution >= 4 is 27.5 Å². The number of hydrogen-bond acceptors (Lipinski definition) is 3. The quantitative estimate of drug-likeness (QED) is 0.883. The molecule has 3 N–H and O–H groups in total. The van der Waals surface area contributed by atoms with Crippen LogP contribution in [-0.4, -0.2) is 31.1 Å². The molecule has 2 rings (SSSR count). The molecular formula is C15H22BrN3O. The number of nitrogens with two attached hydrogens (primary N) is 1. The Hall–Kier alpha value is -1.07. The monoisotopic (exact) mass is 339 g/mol. The zero-order chi connectivity index (χ0) is 14.7. The van der Waals surface area contributed by atoms with E-state index in [0.717, 1.165) is 24.0 Å². The minimum Gasteiger partial charge on any atom is -0.368 e. The van der Waals surface area contributed by atoms with Crippen LogP contribution in [0.25, 0.3) is 0 Å². The number of nitrogens with zero attached hydrogens (tertiary/aromatic N) is 1. The summed E-state index contributed by atoms with van der Waals surface area (Å²) in [6, 6.07) is 7.92. The van der Waals surface area contributed by atoms with Gasteiger partial charge in [-0.25, -0.2) is 0 Å². The summed E-state index contributed by atoms with van der Waals surface area (Å²) >= 11 is 3.57. The zero-order valence-corrected chi connectivity index (χ0v) is 13.6. The highest BCUT2D eigenvalue weighted by Crippen LogP contribution is 2.28. The van der Waals surface area contributed by atoms with E-state index in [4.69, 9.17) is 5.73 Å². The molecule has 0 bridgehead atoms. The van der Waals surface area contributed by atoms with Gasteiger partial charge >= 0.3 is 0 Å². The van der Waals surface area contributed by atoms with E-state index in [-0.39, 0.29) is 17.9 Å². The van der Waals surface area contributed by atoms with Crippen LogP contribution in [0.1, 0.15) is 20.3 Å². The lowest BCUT2D eigenvalue weighted by molar-refractivity contribution is -0.123. The second-order valence-electron chi connectivity index (χ2n) is 5.66. The molecule has 1 aromatic rings. The van der Waals surface area contributed by atoms with E-state index in [9.17, 15) is 4.79 Å². The maximum Gasteiger partial charge on any atom is 0.237 e. The van der Waals surface area contributed by atoms with E-state index in [1.54, 1.807) is 0 Å². The van der Waals surface area contributed by atoms with Crippen molar-refractivity contribution in [1.29, 1.82) is 0 Å². The number of carbonyl (C=O) groups is 1. The topological polar surface area (TPSA) is 58.4 Å². The van der Waals surface area contributed by atoms with Crippen molar-refractivity contribution in [2.45, 2.75) is 32.4 Å². The van der Waals surface area contributed by atoms with Gasteiger partial charge in [-0.05, 0) is 40.4 Å². The number of benzene rings is 1. The number of carbonyl (C=O) groups excluding carboxylic acids is 1. The van der Waals surface area contributed by atoms with Crippen LogP contribution >= 0.6 is 15.9 Å². The molecule has 0 aliphatic carbocycles. The lowest BCUT2D eigenvalue weighted by Crippen LogP contribution is -2.48. The van der Waals surface area contributed by atoms with Gasteiger partial charge in [-0.1, -0.05) is 26.0 Å². The summed E-state index contributed by atoms with van der Waals surface area (Å²) in [4.78, 5) is 14.3. The van der Waals surface area contributed by atoms with Gasteiger partial charge in [-0.3, -0.25) is 4.79 Å². The van der Waals surface area contributed by atoms with Gasteiger partial charge in [0.2, 0.25) is 5.91 Å². The van der Waals surface area contributed by atoms with E-state index < -0.39 is 6.04 Å². The Morgan fingerprint density at radius 2 is 2.15 bits per heavy atom. The molecule has 4 nitrogen and oxygen atoms in total. The molecule has 1 fully saturated rings. The van der Waals surface area contributed by atoms with Crippen molar-refractivity contribution in [3.8, 4) is 0 Å². The van der Waals surface area contributed by atoms with Crippen LogP contribution in [0, 0.1) is 5.92 Å². The van der Waals surface area contributed by atoms with E-state index >= 15 is 0 Å². The Labute approximate surface area is 128 Å². The zero-order valence-electron chi connectivity index (χ0n) is 12.0. The second-order valence-corrected chi connectivity index (χ2v) is 6.52. The average molecular weight is 340 g/mol. The van der Waals surface area contributed by atoms with Crippen LogP contribution < -0.4 is 16.0 Å². The standard InChI is InChI=1S/C15H22BrN3O/c1-10(2)14(17)15(20)18-11-7-8-19(9-11)13-6-4-3-5-12(13)16/h3-6,10-11,14H,7-9,17H2,1-2H3,(H,18,20)/t11?,14-/m0/s1. The van der Waals surface area contributed by atoms with Crippen molar-refractivity contribution in [2.75, 3.05) is 18.0 Å². The van der Waals surface area contributed by atoms with E-state index in [1.807, 2.05) is 32.0 Å². The van der Waals surface area contributed by atoms with Crippen molar-refractivity contribution in [3.05, 3.63) is 28.7 Å². The first-order valence-corrected chi connectivity index (χ1v) is 7.83. The average Bonchev–Trinajstić information content (AvgIpc) is 2.86. The smallest absolute Gasteiger partial charge is 0.237 e. The Morgan fingerprint density at radius 3 is 2.80 bits per heavy atom. The Kier molecular flexibility index (Phi) is 5.05. The van der Waals surface area contributed by atoms with Crippen molar-refractivity contribution < 1.29 is 4.79 Å². The number of amides is 1. The predicted octanol–water partition coefficient (Wildman–Crippen LogP) is 2.13. The minimum atomic E-state index is -0.424. The van der Waals surface area contributed by atoms with Gasteiger partial charge in [-0.15, -0.1) is 0 Å². The fourth-order valence-corrected chi connectivity index (χ4v) is 2.94. The molecule has 1 aliphatic rings. The molecule has 2 atom stereocenters. The molecule has 0 radical (unpaired) electrons. The van der Waals surface area contributed by atoms with Gasteiger partial charge in [0.1, 0.15) is 0 Å². The first-order chi connectivity index (χ1) is 9.49. The van der Waals surface area contributed by atoms with Crippen molar-refractivity contribution in [3.63, 3.8) is 0 Å². The summed E-state index contributed by atoms with van der Waals surface area (Å²) in [5.41, 5.74) is 7.05. The van der Waals surface area contributed by atoms with Gasteiger partial charge in [0, 0.05) is 23.6 Å². The lowest BCUT2D eigenvalue weighted by Gasteiger charge is -2.22. The summed E-state index contributed by atoms with van der Waals surface area (Å²) in [7, 11) is 0. The molecule has 5 heteroatoms. The number of halogens is 1. The van der Waals surface area contributed by atoms with Gasteiger partial charge in [0.25, 0.3) is 0 Å². The largest absolute Gasteiger partial charge is 0.368 e. The Balaban J connectivity index is 1.93. The minimum absolute atomic E-state index is 0.0426. The maximum absolute atomic E-state index is 12.0. The third-order valence-corrected chi connectivity index (χ3v) is 4.42. The van der Waals surface area contributed by atoms with Gasteiger partial charge in [0.05, 0.1) is 11.7 Å². The van der Waals surface area contributed by atoms with Crippen LogP contribution in [0.15, 0.2) is 28.7 Å². The third kappa shape index (κ3) is 3.52. The van der Waals surface area contributed by atoms with Crippen LogP contribution in [0.3, 0.4) is 0 Å². The van der Waals surface area contributed by atoms with E-state index in [0.29, 0.717) is 0 Å². The van der Waals surface area contributed by atoms with Crippen LogP contribution in [0.2, 0.25) is 0 Å². The number of rotatable bonds is 4. The summed E-state index contributed by atoms with van der Waals surface area (Å²) in [5.74, 6) is 0.120. The lowest BCUT2D eigenvalue weighted by atomic mass is 10.0. The summed E-state index contributed by atoms with van der Waals surface area (Å²) in [6.45, 7) is 5.71. The molecule has 1 unspecified atom stereocenters. The molecule has 0 aromatic heterocycles.